The van der Waals surface area contributed by atoms with E-state index in [1.165, 1.54) is 11.1 Å². The van der Waals surface area contributed by atoms with E-state index in [0.29, 0.717) is 0 Å². The van der Waals surface area contributed by atoms with Gasteiger partial charge in [0.1, 0.15) is 0 Å². The molecule has 1 unspecified atom stereocenters. The number of benzene rings is 1. The molecule has 2 rings (SSSR count). The summed E-state index contributed by atoms with van der Waals surface area (Å²) in [5, 5.41) is 0. The van der Waals surface area contributed by atoms with Crippen molar-refractivity contribution in [3.05, 3.63) is 65.8 Å². The van der Waals surface area contributed by atoms with Crippen LogP contribution in [0.25, 0.3) is 6.08 Å². The van der Waals surface area contributed by atoms with E-state index < -0.39 is 0 Å². The summed E-state index contributed by atoms with van der Waals surface area (Å²) in [6.45, 7) is 2.04. The van der Waals surface area contributed by atoms with Gasteiger partial charge in [-0.1, -0.05) is 60.7 Å². The van der Waals surface area contributed by atoms with Crippen molar-refractivity contribution in [2.24, 2.45) is 5.73 Å². The van der Waals surface area contributed by atoms with Gasteiger partial charge in [-0.3, -0.25) is 0 Å². The molecule has 0 fully saturated rings. The first-order valence-electron chi connectivity index (χ1n) is 5.57. The lowest BCUT2D eigenvalue weighted by atomic mass is 9.91. The summed E-state index contributed by atoms with van der Waals surface area (Å²) in [5.41, 5.74) is 8.26. The quantitative estimate of drug-likeness (QED) is 0.798. The Balaban J connectivity index is 2.05. The van der Waals surface area contributed by atoms with Crippen LogP contribution in [-0.4, -0.2) is 5.54 Å². The number of rotatable bonds is 2. The molecule has 0 amide bonds. The van der Waals surface area contributed by atoms with Crippen molar-refractivity contribution in [2.45, 2.75) is 18.9 Å². The zero-order valence-electron chi connectivity index (χ0n) is 9.56. The van der Waals surface area contributed by atoms with Crippen LogP contribution in [0.3, 0.4) is 0 Å². The van der Waals surface area contributed by atoms with Crippen molar-refractivity contribution in [1.82, 2.24) is 0 Å². The second-order valence-corrected chi connectivity index (χ2v) is 4.49. The van der Waals surface area contributed by atoms with Crippen LogP contribution >= 0.6 is 0 Å². The van der Waals surface area contributed by atoms with Gasteiger partial charge >= 0.3 is 0 Å². The van der Waals surface area contributed by atoms with Crippen molar-refractivity contribution < 1.29 is 0 Å². The van der Waals surface area contributed by atoms with E-state index in [1.807, 2.05) is 25.1 Å². The average molecular weight is 211 g/mol. The van der Waals surface area contributed by atoms with Gasteiger partial charge in [-0.05, 0) is 24.5 Å². The highest BCUT2D eigenvalue weighted by atomic mass is 14.7. The maximum absolute atomic E-state index is 5.99. The van der Waals surface area contributed by atoms with E-state index in [-0.39, 0.29) is 5.54 Å². The molecule has 0 saturated heterocycles. The van der Waals surface area contributed by atoms with Gasteiger partial charge in [-0.2, -0.15) is 0 Å². The van der Waals surface area contributed by atoms with Gasteiger partial charge in [0, 0.05) is 5.54 Å². The predicted molar refractivity (Wildman–Crippen MR) is 69.9 cm³/mol. The highest BCUT2D eigenvalue weighted by Gasteiger charge is 2.15. The second kappa shape index (κ2) is 4.50. The lowest BCUT2D eigenvalue weighted by Crippen LogP contribution is -2.33. The summed E-state index contributed by atoms with van der Waals surface area (Å²) < 4.78 is 0. The molecule has 0 heterocycles. The van der Waals surface area contributed by atoms with E-state index in [0.717, 1.165) is 6.42 Å². The van der Waals surface area contributed by atoms with Gasteiger partial charge in [-0.25, -0.2) is 0 Å². The fourth-order valence-corrected chi connectivity index (χ4v) is 1.64. The van der Waals surface area contributed by atoms with Crippen LogP contribution in [0.5, 0.6) is 0 Å². The number of hydrogen-bond donors (Lipinski definition) is 1. The Morgan fingerprint density at radius 2 is 1.94 bits per heavy atom. The van der Waals surface area contributed by atoms with E-state index in [2.05, 4.69) is 42.5 Å². The van der Waals surface area contributed by atoms with Gasteiger partial charge in [0.15, 0.2) is 0 Å². The van der Waals surface area contributed by atoms with Gasteiger partial charge in [0.2, 0.25) is 0 Å². The van der Waals surface area contributed by atoms with Crippen LogP contribution in [0.2, 0.25) is 0 Å². The van der Waals surface area contributed by atoms with Gasteiger partial charge < -0.3 is 5.73 Å². The summed E-state index contributed by atoms with van der Waals surface area (Å²) in [4.78, 5) is 0. The minimum Gasteiger partial charge on any atom is -0.322 e. The Hall–Kier alpha value is -1.60. The standard InChI is InChI=1S/C15H17N/c1-15(16)11-9-14(10-12-15)8-7-13-5-3-2-4-6-13/h2-11H,12,16H2,1H3. The van der Waals surface area contributed by atoms with Crippen molar-refractivity contribution in [3.8, 4) is 0 Å². The van der Waals surface area contributed by atoms with E-state index in [9.17, 15) is 0 Å². The molecule has 1 aliphatic rings. The Bertz CT molecular complexity index is 436. The minimum atomic E-state index is -0.177. The van der Waals surface area contributed by atoms with Gasteiger partial charge in [0.05, 0.1) is 0 Å². The summed E-state index contributed by atoms with van der Waals surface area (Å²) >= 11 is 0. The lowest BCUT2D eigenvalue weighted by molar-refractivity contribution is 0.587. The van der Waals surface area contributed by atoms with E-state index >= 15 is 0 Å². The maximum Gasteiger partial charge on any atom is 0.0348 e. The fraction of sp³-hybridized carbons (Fsp3) is 0.200. The minimum absolute atomic E-state index is 0.177. The van der Waals surface area contributed by atoms with Crippen LogP contribution < -0.4 is 5.73 Å². The van der Waals surface area contributed by atoms with Crippen LogP contribution in [0.15, 0.2) is 60.2 Å². The summed E-state index contributed by atoms with van der Waals surface area (Å²) in [5.74, 6) is 0. The van der Waals surface area contributed by atoms with Crippen LogP contribution in [0.1, 0.15) is 18.9 Å². The zero-order valence-corrected chi connectivity index (χ0v) is 9.56. The molecule has 1 aliphatic carbocycles. The highest BCUT2D eigenvalue weighted by Crippen LogP contribution is 2.19. The van der Waals surface area contributed by atoms with Crippen molar-refractivity contribution >= 4 is 6.08 Å². The SMILES string of the molecule is CC1(N)C=CC(C=Cc2ccccc2)=CC1. The Kier molecular flexibility index (Phi) is 3.07. The third-order valence-corrected chi connectivity index (χ3v) is 2.70. The van der Waals surface area contributed by atoms with Crippen LogP contribution in [0.4, 0.5) is 0 Å². The molecule has 1 heteroatoms. The number of hydrogen-bond acceptors (Lipinski definition) is 1. The monoisotopic (exact) mass is 211 g/mol. The molecule has 0 aromatic heterocycles. The molecule has 0 saturated carbocycles. The molecule has 1 nitrogen and oxygen atoms in total. The highest BCUT2D eigenvalue weighted by molar-refractivity contribution is 5.55. The fourth-order valence-electron chi connectivity index (χ4n) is 1.64. The molecule has 16 heavy (non-hydrogen) atoms. The Labute approximate surface area is 97.0 Å². The molecule has 0 spiro atoms. The summed E-state index contributed by atoms with van der Waals surface area (Å²) in [7, 11) is 0. The normalized spacial score (nSPS) is 24.8. The predicted octanol–water partition coefficient (Wildman–Crippen LogP) is 3.30. The molecule has 0 radical (unpaired) electrons. The average Bonchev–Trinajstić information content (AvgIpc) is 2.29. The number of allylic oxidation sites excluding steroid dienone is 3. The summed E-state index contributed by atoms with van der Waals surface area (Å²) in [6.07, 6.45) is 11.5. The van der Waals surface area contributed by atoms with Gasteiger partial charge in [-0.15, -0.1) is 0 Å². The molecule has 0 bridgehead atoms. The smallest absolute Gasteiger partial charge is 0.0348 e. The Morgan fingerprint density at radius 1 is 1.19 bits per heavy atom. The lowest BCUT2D eigenvalue weighted by Gasteiger charge is -2.21. The molecular formula is C15H17N. The molecule has 82 valence electrons. The molecule has 1 atom stereocenters. The third kappa shape index (κ3) is 2.94. The molecular weight excluding hydrogens is 194 g/mol. The van der Waals surface area contributed by atoms with E-state index in [1.54, 1.807) is 0 Å². The van der Waals surface area contributed by atoms with Crippen molar-refractivity contribution in [3.63, 3.8) is 0 Å². The molecule has 0 aliphatic heterocycles. The number of nitrogens with two attached hydrogens (primary N) is 1. The topological polar surface area (TPSA) is 26.0 Å². The van der Waals surface area contributed by atoms with E-state index in [4.69, 9.17) is 5.73 Å². The van der Waals surface area contributed by atoms with Crippen LogP contribution in [0, 0.1) is 0 Å². The van der Waals surface area contributed by atoms with Crippen molar-refractivity contribution in [1.29, 1.82) is 0 Å². The first kappa shape index (κ1) is 10.9. The zero-order chi connectivity index (χ0) is 11.4. The molecule has 2 N–H and O–H groups in total. The van der Waals surface area contributed by atoms with Gasteiger partial charge in [0.25, 0.3) is 0 Å². The Morgan fingerprint density at radius 3 is 2.56 bits per heavy atom. The summed E-state index contributed by atoms with van der Waals surface area (Å²) in [6, 6.07) is 10.3. The molecule has 1 aromatic rings. The maximum atomic E-state index is 5.99. The third-order valence-electron chi connectivity index (χ3n) is 2.70. The first-order chi connectivity index (χ1) is 7.66. The second-order valence-electron chi connectivity index (χ2n) is 4.49. The van der Waals surface area contributed by atoms with Crippen molar-refractivity contribution in [2.75, 3.05) is 0 Å². The largest absolute Gasteiger partial charge is 0.322 e. The van der Waals surface area contributed by atoms with Crippen LogP contribution in [-0.2, 0) is 0 Å². The first-order valence-corrected chi connectivity index (χ1v) is 5.57. The molecule has 1 aromatic carbocycles.